The molecule has 1 aromatic rings. The van der Waals surface area contributed by atoms with Crippen molar-refractivity contribution in [3.05, 3.63) is 28.2 Å². The molecule has 1 saturated carbocycles. The van der Waals surface area contributed by atoms with Crippen molar-refractivity contribution in [2.24, 2.45) is 5.92 Å². The highest BCUT2D eigenvalue weighted by Crippen LogP contribution is 2.27. The quantitative estimate of drug-likeness (QED) is 0.800. The Kier molecular flexibility index (Phi) is 4.73. The molecule has 2 atom stereocenters. The molecule has 5 nitrogen and oxygen atoms in total. The third-order valence-corrected chi connectivity index (χ3v) is 3.84. The van der Waals surface area contributed by atoms with E-state index in [9.17, 15) is 9.59 Å². The Morgan fingerprint density at radius 1 is 1.25 bits per heavy atom. The van der Waals surface area contributed by atoms with Crippen molar-refractivity contribution >= 4 is 40.9 Å². The van der Waals surface area contributed by atoms with Crippen molar-refractivity contribution < 1.29 is 14.7 Å². The molecule has 0 bridgehead atoms. The molecule has 1 aliphatic carbocycles. The number of aliphatic carboxylic acids is 1. The lowest BCUT2D eigenvalue weighted by Gasteiger charge is -2.14. The van der Waals surface area contributed by atoms with E-state index < -0.39 is 12.0 Å². The van der Waals surface area contributed by atoms with Crippen LogP contribution in [0.5, 0.6) is 0 Å². The van der Waals surface area contributed by atoms with Gasteiger partial charge >= 0.3 is 12.0 Å². The second-order valence-corrected chi connectivity index (χ2v) is 5.61. The number of rotatable bonds is 3. The Hall–Kier alpha value is -1.46. The molecule has 2 rings (SSSR count). The van der Waals surface area contributed by atoms with Crippen LogP contribution in [0.15, 0.2) is 18.2 Å². The van der Waals surface area contributed by atoms with Crippen LogP contribution in [-0.4, -0.2) is 23.1 Å². The van der Waals surface area contributed by atoms with E-state index >= 15 is 0 Å². The van der Waals surface area contributed by atoms with Crippen LogP contribution in [0.3, 0.4) is 0 Å². The van der Waals surface area contributed by atoms with Gasteiger partial charge in [-0.2, -0.15) is 0 Å². The van der Waals surface area contributed by atoms with Crippen LogP contribution in [0.25, 0.3) is 0 Å². The molecule has 108 valence electrons. The first-order valence-corrected chi connectivity index (χ1v) is 6.96. The third kappa shape index (κ3) is 3.77. The van der Waals surface area contributed by atoms with Gasteiger partial charge in [-0.05, 0) is 37.5 Å². The number of amides is 2. The summed E-state index contributed by atoms with van der Waals surface area (Å²) >= 11 is 11.7. The zero-order valence-electron chi connectivity index (χ0n) is 10.5. The summed E-state index contributed by atoms with van der Waals surface area (Å²) in [6.45, 7) is 0. The van der Waals surface area contributed by atoms with Crippen molar-refractivity contribution in [3.8, 4) is 0 Å². The number of carboxylic acids is 1. The van der Waals surface area contributed by atoms with Crippen LogP contribution in [0.1, 0.15) is 19.3 Å². The number of hydrogen-bond donors (Lipinski definition) is 3. The molecule has 0 aliphatic heterocycles. The van der Waals surface area contributed by atoms with Gasteiger partial charge in [-0.3, -0.25) is 4.79 Å². The number of carbonyl (C=O) groups is 2. The zero-order valence-corrected chi connectivity index (χ0v) is 12.0. The fraction of sp³-hybridized carbons (Fsp3) is 0.385. The summed E-state index contributed by atoms with van der Waals surface area (Å²) in [7, 11) is 0. The Bertz CT molecular complexity index is 536. The Labute approximate surface area is 126 Å². The third-order valence-electron chi connectivity index (χ3n) is 3.30. The first-order chi connectivity index (χ1) is 9.45. The molecule has 0 aromatic heterocycles. The SMILES string of the molecule is O=C(Nc1ccc(Cl)cc1Cl)N[C@H]1CC[C@@H](C(=O)O)C1. The van der Waals surface area contributed by atoms with Gasteiger partial charge < -0.3 is 15.7 Å². The lowest BCUT2D eigenvalue weighted by Crippen LogP contribution is -2.36. The Morgan fingerprint density at radius 3 is 2.60 bits per heavy atom. The van der Waals surface area contributed by atoms with Gasteiger partial charge in [0.1, 0.15) is 0 Å². The summed E-state index contributed by atoms with van der Waals surface area (Å²) in [6.07, 6.45) is 1.71. The molecule has 0 saturated heterocycles. The maximum atomic E-state index is 11.8. The minimum Gasteiger partial charge on any atom is -0.481 e. The van der Waals surface area contributed by atoms with Gasteiger partial charge in [0.25, 0.3) is 0 Å². The van der Waals surface area contributed by atoms with Crippen molar-refractivity contribution in [2.75, 3.05) is 5.32 Å². The normalized spacial score (nSPS) is 21.5. The molecule has 0 unspecified atom stereocenters. The molecule has 20 heavy (non-hydrogen) atoms. The summed E-state index contributed by atoms with van der Waals surface area (Å²) in [5.41, 5.74) is 0.460. The standard InChI is InChI=1S/C13H14Cl2N2O3/c14-8-2-4-11(10(15)6-8)17-13(20)16-9-3-1-7(5-9)12(18)19/h2,4,6-7,9H,1,3,5H2,(H,18,19)(H2,16,17,20)/t7-,9+/m1/s1. The lowest BCUT2D eigenvalue weighted by atomic mass is 10.1. The number of nitrogens with one attached hydrogen (secondary N) is 2. The van der Waals surface area contributed by atoms with Gasteiger partial charge in [0.2, 0.25) is 0 Å². The van der Waals surface area contributed by atoms with Crippen LogP contribution in [-0.2, 0) is 4.79 Å². The van der Waals surface area contributed by atoms with Crippen LogP contribution >= 0.6 is 23.2 Å². The maximum absolute atomic E-state index is 11.8. The number of hydrogen-bond acceptors (Lipinski definition) is 2. The molecule has 1 aliphatic rings. The van der Waals surface area contributed by atoms with E-state index in [1.54, 1.807) is 12.1 Å². The zero-order chi connectivity index (χ0) is 14.7. The number of urea groups is 1. The molecule has 1 fully saturated rings. The summed E-state index contributed by atoms with van der Waals surface area (Å²) in [5, 5.41) is 15.1. The largest absolute Gasteiger partial charge is 0.481 e. The highest BCUT2D eigenvalue weighted by Gasteiger charge is 2.30. The number of halogens is 2. The highest BCUT2D eigenvalue weighted by atomic mass is 35.5. The first-order valence-electron chi connectivity index (χ1n) is 6.21. The average molecular weight is 317 g/mol. The summed E-state index contributed by atoms with van der Waals surface area (Å²) in [4.78, 5) is 22.7. The van der Waals surface area contributed by atoms with Gasteiger partial charge in [0, 0.05) is 11.1 Å². The highest BCUT2D eigenvalue weighted by molar-refractivity contribution is 6.36. The fourth-order valence-corrected chi connectivity index (χ4v) is 2.73. The maximum Gasteiger partial charge on any atom is 0.319 e. The van der Waals surface area contributed by atoms with Crippen LogP contribution in [0.4, 0.5) is 10.5 Å². The fourth-order valence-electron chi connectivity index (χ4n) is 2.27. The van der Waals surface area contributed by atoms with E-state index in [-0.39, 0.29) is 12.0 Å². The minimum absolute atomic E-state index is 0.123. The predicted octanol–water partition coefficient (Wildman–Crippen LogP) is 3.37. The Balaban J connectivity index is 1.88. The van der Waals surface area contributed by atoms with E-state index in [1.165, 1.54) is 6.07 Å². The topological polar surface area (TPSA) is 78.4 Å². The van der Waals surface area contributed by atoms with E-state index in [0.717, 1.165) is 0 Å². The van der Waals surface area contributed by atoms with Gasteiger partial charge in [0.15, 0.2) is 0 Å². The number of benzene rings is 1. The van der Waals surface area contributed by atoms with E-state index in [0.29, 0.717) is 35.0 Å². The molecule has 1 aromatic carbocycles. The second kappa shape index (κ2) is 6.33. The molecule has 0 heterocycles. The van der Waals surface area contributed by atoms with E-state index in [2.05, 4.69) is 10.6 Å². The first kappa shape index (κ1) is 14.9. The summed E-state index contributed by atoms with van der Waals surface area (Å²) in [6, 6.07) is 4.25. The van der Waals surface area contributed by atoms with E-state index in [1.807, 2.05) is 0 Å². The van der Waals surface area contributed by atoms with Crippen molar-refractivity contribution in [1.29, 1.82) is 0 Å². The van der Waals surface area contributed by atoms with Crippen LogP contribution in [0.2, 0.25) is 10.0 Å². The molecule has 2 amide bonds. The smallest absolute Gasteiger partial charge is 0.319 e. The van der Waals surface area contributed by atoms with Crippen molar-refractivity contribution in [2.45, 2.75) is 25.3 Å². The number of carboxylic acid groups (broad SMARTS) is 1. The predicted molar refractivity (Wildman–Crippen MR) is 77.4 cm³/mol. The van der Waals surface area contributed by atoms with Crippen LogP contribution in [0, 0.1) is 5.92 Å². The van der Waals surface area contributed by atoms with Gasteiger partial charge in [-0.15, -0.1) is 0 Å². The van der Waals surface area contributed by atoms with Crippen LogP contribution < -0.4 is 10.6 Å². The van der Waals surface area contributed by atoms with Crippen molar-refractivity contribution in [1.82, 2.24) is 5.32 Å². The number of anilines is 1. The molecule has 0 radical (unpaired) electrons. The Morgan fingerprint density at radius 2 is 2.00 bits per heavy atom. The van der Waals surface area contributed by atoms with Crippen molar-refractivity contribution in [3.63, 3.8) is 0 Å². The molecule has 0 spiro atoms. The lowest BCUT2D eigenvalue weighted by molar-refractivity contribution is -0.141. The summed E-state index contributed by atoms with van der Waals surface area (Å²) < 4.78 is 0. The average Bonchev–Trinajstić information content (AvgIpc) is 2.81. The summed E-state index contributed by atoms with van der Waals surface area (Å²) in [5.74, 6) is -1.19. The molecule has 3 N–H and O–H groups in total. The van der Waals surface area contributed by atoms with Gasteiger partial charge in [-0.25, -0.2) is 4.79 Å². The monoisotopic (exact) mass is 316 g/mol. The van der Waals surface area contributed by atoms with E-state index in [4.69, 9.17) is 28.3 Å². The second-order valence-electron chi connectivity index (χ2n) is 4.77. The number of carbonyl (C=O) groups excluding carboxylic acids is 1. The van der Waals surface area contributed by atoms with Gasteiger partial charge in [0.05, 0.1) is 16.6 Å². The molecule has 7 heteroatoms. The minimum atomic E-state index is -0.810. The molecular formula is C13H14Cl2N2O3. The molecular weight excluding hydrogens is 303 g/mol. The van der Waals surface area contributed by atoms with Gasteiger partial charge in [-0.1, -0.05) is 23.2 Å².